The molecule has 0 aliphatic rings. The lowest BCUT2D eigenvalue weighted by atomic mass is 10.0. The number of carboxylic acids is 1. The largest absolute Gasteiger partial charge is 0.481 e. The van der Waals surface area contributed by atoms with E-state index in [-0.39, 0.29) is 12.3 Å². The SMILES string of the molecule is CSc1ccc(C(CC(=O)O)NC(=O)c2c(C)nn(C)c2C)cc1. The minimum absolute atomic E-state index is 0.178. The van der Waals surface area contributed by atoms with Crippen LogP contribution in [0.2, 0.25) is 0 Å². The summed E-state index contributed by atoms with van der Waals surface area (Å²) in [7, 11) is 1.77. The lowest BCUT2D eigenvalue weighted by Gasteiger charge is -2.18. The first-order valence-electron chi connectivity index (χ1n) is 7.50. The van der Waals surface area contributed by atoms with Crippen LogP contribution in [0, 0.1) is 13.8 Å². The number of hydrogen-bond acceptors (Lipinski definition) is 4. The van der Waals surface area contributed by atoms with E-state index in [1.807, 2.05) is 37.4 Å². The highest BCUT2D eigenvalue weighted by molar-refractivity contribution is 7.98. The first-order valence-corrected chi connectivity index (χ1v) is 8.72. The van der Waals surface area contributed by atoms with Crippen molar-refractivity contribution in [1.82, 2.24) is 15.1 Å². The fraction of sp³-hybridized carbons (Fsp3) is 0.353. The number of aryl methyl sites for hydroxylation is 2. The summed E-state index contributed by atoms with van der Waals surface area (Å²) in [6.07, 6.45) is 1.79. The molecule has 0 aliphatic carbocycles. The summed E-state index contributed by atoms with van der Waals surface area (Å²) in [6, 6.07) is 6.94. The molecule has 2 rings (SSSR count). The second-order valence-electron chi connectivity index (χ2n) is 5.57. The highest BCUT2D eigenvalue weighted by Crippen LogP contribution is 2.22. The lowest BCUT2D eigenvalue weighted by molar-refractivity contribution is -0.137. The van der Waals surface area contributed by atoms with E-state index in [0.717, 1.165) is 16.2 Å². The second kappa shape index (κ2) is 7.53. The van der Waals surface area contributed by atoms with Crippen molar-refractivity contribution in [2.45, 2.75) is 31.2 Å². The zero-order chi connectivity index (χ0) is 17.9. The standard InChI is InChI=1S/C17H21N3O3S/c1-10-16(11(2)20(3)19-10)17(23)18-14(9-15(21)22)12-5-7-13(24-4)8-6-12/h5-8,14H,9H2,1-4H3,(H,18,23)(H,21,22). The number of amides is 1. The Hall–Kier alpha value is -2.28. The number of benzene rings is 1. The van der Waals surface area contributed by atoms with Gasteiger partial charge in [0.1, 0.15) is 0 Å². The predicted molar refractivity (Wildman–Crippen MR) is 93.4 cm³/mol. The molecule has 1 aromatic carbocycles. The molecule has 1 atom stereocenters. The molecule has 0 aliphatic heterocycles. The molecule has 24 heavy (non-hydrogen) atoms. The smallest absolute Gasteiger partial charge is 0.305 e. The monoisotopic (exact) mass is 347 g/mol. The highest BCUT2D eigenvalue weighted by atomic mass is 32.2. The van der Waals surface area contributed by atoms with Gasteiger partial charge in [0, 0.05) is 17.6 Å². The van der Waals surface area contributed by atoms with Gasteiger partial charge >= 0.3 is 5.97 Å². The van der Waals surface area contributed by atoms with E-state index in [1.54, 1.807) is 30.4 Å². The molecule has 1 amide bonds. The molecule has 0 spiro atoms. The minimum Gasteiger partial charge on any atom is -0.481 e. The molecule has 0 radical (unpaired) electrons. The van der Waals surface area contributed by atoms with E-state index >= 15 is 0 Å². The number of aromatic nitrogens is 2. The van der Waals surface area contributed by atoms with Crippen LogP contribution >= 0.6 is 11.8 Å². The van der Waals surface area contributed by atoms with E-state index in [9.17, 15) is 14.7 Å². The van der Waals surface area contributed by atoms with Gasteiger partial charge in [0.15, 0.2) is 0 Å². The Morgan fingerprint density at radius 1 is 1.29 bits per heavy atom. The number of carboxylic acid groups (broad SMARTS) is 1. The molecule has 6 nitrogen and oxygen atoms in total. The van der Waals surface area contributed by atoms with Crippen LogP contribution in [0.15, 0.2) is 29.2 Å². The topological polar surface area (TPSA) is 84.2 Å². The van der Waals surface area contributed by atoms with Gasteiger partial charge in [0.2, 0.25) is 0 Å². The molecular formula is C17H21N3O3S. The summed E-state index contributed by atoms with van der Waals surface area (Å²) >= 11 is 1.61. The Bertz CT molecular complexity index is 753. The Balaban J connectivity index is 2.27. The van der Waals surface area contributed by atoms with E-state index in [1.165, 1.54) is 0 Å². The van der Waals surface area contributed by atoms with Gasteiger partial charge in [-0.25, -0.2) is 0 Å². The van der Waals surface area contributed by atoms with E-state index in [0.29, 0.717) is 11.3 Å². The Morgan fingerprint density at radius 2 is 1.92 bits per heavy atom. The Morgan fingerprint density at radius 3 is 2.38 bits per heavy atom. The first kappa shape index (κ1) is 18.1. The summed E-state index contributed by atoms with van der Waals surface area (Å²) < 4.78 is 1.64. The molecule has 0 saturated heterocycles. The zero-order valence-electron chi connectivity index (χ0n) is 14.2. The number of nitrogens with zero attached hydrogens (tertiary/aromatic N) is 2. The third-order valence-corrected chi connectivity index (χ3v) is 4.68. The molecule has 0 bridgehead atoms. The van der Waals surface area contributed by atoms with Crippen molar-refractivity contribution in [3.63, 3.8) is 0 Å². The van der Waals surface area contributed by atoms with Crippen molar-refractivity contribution in [3.05, 3.63) is 46.8 Å². The lowest BCUT2D eigenvalue weighted by Crippen LogP contribution is -2.31. The number of thioether (sulfide) groups is 1. The minimum atomic E-state index is -0.964. The molecule has 7 heteroatoms. The summed E-state index contributed by atoms with van der Waals surface area (Å²) in [4.78, 5) is 24.9. The molecule has 2 aromatic rings. The van der Waals surface area contributed by atoms with Gasteiger partial charge in [0.05, 0.1) is 23.7 Å². The van der Waals surface area contributed by atoms with Gasteiger partial charge in [-0.2, -0.15) is 5.10 Å². The average molecular weight is 347 g/mol. The third-order valence-electron chi connectivity index (χ3n) is 3.94. The van der Waals surface area contributed by atoms with Gasteiger partial charge < -0.3 is 10.4 Å². The van der Waals surface area contributed by atoms with E-state index in [2.05, 4.69) is 10.4 Å². The van der Waals surface area contributed by atoms with Crippen LogP contribution in [0.5, 0.6) is 0 Å². The third kappa shape index (κ3) is 3.97. The normalized spacial score (nSPS) is 12.0. The maximum absolute atomic E-state index is 12.6. The highest BCUT2D eigenvalue weighted by Gasteiger charge is 2.23. The number of hydrogen-bond donors (Lipinski definition) is 2. The summed E-state index contributed by atoms with van der Waals surface area (Å²) in [6.45, 7) is 3.58. The van der Waals surface area contributed by atoms with Gasteiger partial charge in [-0.05, 0) is 37.8 Å². The second-order valence-corrected chi connectivity index (χ2v) is 6.45. The van der Waals surface area contributed by atoms with Crippen LogP contribution < -0.4 is 5.32 Å². The predicted octanol–water partition coefficient (Wildman–Crippen LogP) is 2.70. The first-order chi connectivity index (χ1) is 11.3. The van der Waals surface area contributed by atoms with Crippen LogP contribution in [-0.4, -0.2) is 33.0 Å². The van der Waals surface area contributed by atoms with Crippen LogP contribution in [0.4, 0.5) is 0 Å². The zero-order valence-corrected chi connectivity index (χ0v) is 15.0. The Labute approximate surface area is 145 Å². The van der Waals surface area contributed by atoms with Crippen molar-refractivity contribution >= 4 is 23.6 Å². The molecule has 128 valence electrons. The number of carbonyl (C=O) groups excluding carboxylic acids is 1. The van der Waals surface area contributed by atoms with Gasteiger partial charge in [-0.15, -0.1) is 11.8 Å². The average Bonchev–Trinajstić information content (AvgIpc) is 2.79. The number of aliphatic carboxylic acids is 1. The van der Waals surface area contributed by atoms with Crippen molar-refractivity contribution in [1.29, 1.82) is 0 Å². The fourth-order valence-electron chi connectivity index (χ4n) is 2.60. The van der Waals surface area contributed by atoms with Crippen molar-refractivity contribution in [2.75, 3.05) is 6.26 Å². The molecular weight excluding hydrogens is 326 g/mol. The molecule has 2 N–H and O–H groups in total. The van der Waals surface area contributed by atoms with Gasteiger partial charge in [0.25, 0.3) is 5.91 Å². The van der Waals surface area contributed by atoms with Crippen LogP contribution in [0.3, 0.4) is 0 Å². The maximum Gasteiger partial charge on any atom is 0.305 e. The molecule has 1 aromatic heterocycles. The van der Waals surface area contributed by atoms with Gasteiger partial charge in [-0.3, -0.25) is 14.3 Å². The number of carbonyl (C=O) groups is 2. The van der Waals surface area contributed by atoms with Crippen molar-refractivity contribution in [2.24, 2.45) is 7.05 Å². The molecule has 0 saturated carbocycles. The van der Waals surface area contributed by atoms with Crippen molar-refractivity contribution in [3.8, 4) is 0 Å². The molecule has 0 fully saturated rings. The van der Waals surface area contributed by atoms with Crippen LogP contribution in [-0.2, 0) is 11.8 Å². The van der Waals surface area contributed by atoms with Crippen LogP contribution in [0.1, 0.15) is 39.8 Å². The maximum atomic E-state index is 12.6. The van der Waals surface area contributed by atoms with Crippen molar-refractivity contribution < 1.29 is 14.7 Å². The Kier molecular flexibility index (Phi) is 5.66. The quantitative estimate of drug-likeness (QED) is 0.785. The summed E-state index contributed by atoms with van der Waals surface area (Å²) in [5.74, 6) is -1.27. The molecule has 1 heterocycles. The van der Waals surface area contributed by atoms with Gasteiger partial charge in [-0.1, -0.05) is 12.1 Å². The number of nitrogens with one attached hydrogen (secondary N) is 1. The summed E-state index contributed by atoms with van der Waals surface area (Å²) in [5, 5.41) is 16.2. The van der Waals surface area contributed by atoms with E-state index in [4.69, 9.17) is 0 Å². The van der Waals surface area contributed by atoms with Crippen LogP contribution in [0.25, 0.3) is 0 Å². The molecule has 1 unspecified atom stereocenters. The fourth-order valence-corrected chi connectivity index (χ4v) is 3.00. The van der Waals surface area contributed by atoms with E-state index < -0.39 is 12.0 Å². The number of rotatable bonds is 6. The summed E-state index contributed by atoms with van der Waals surface area (Å²) in [5.41, 5.74) is 2.63.